The first-order valence-corrected chi connectivity index (χ1v) is 11.5. The van der Waals surface area contributed by atoms with E-state index in [4.69, 9.17) is 9.97 Å². The topological polar surface area (TPSA) is 71.0 Å². The number of hydrogen-bond acceptors (Lipinski definition) is 5. The van der Waals surface area contributed by atoms with Crippen LogP contribution in [0.2, 0.25) is 0 Å². The number of nitrogens with one attached hydrogen (secondary N) is 1. The maximum atomic E-state index is 13.0. The van der Waals surface area contributed by atoms with Crippen molar-refractivity contribution in [2.45, 2.75) is 51.0 Å². The molecular weight excluding hydrogens is 386 g/mol. The van der Waals surface area contributed by atoms with Crippen molar-refractivity contribution in [3.05, 3.63) is 48.8 Å². The normalized spacial score (nSPS) is 20.0. The first kappa shape index (κ1) is 19.9. The predicted octanol–water partition coefficient (Wildman–Crippen LogP) is 4.36. The fourth-order valence-corrected chi connectivity index (χ4v) is 4.87. The third-order valence-corrected chi connectivity index (χ3v) is 6.55. The third kappa shape index (κ3) is 4.38. The van der Waals surface area contributed by atoms with Crippen molar-refractivity contribution in [1.82, 2.24) is 20.3 Å². The van der Waals surface area contributed by atoms with Crippen molar-refractivity contribution in [1.29, 1.82) is 0 Å². The zero-order valence-electron chi connectivity index (χ0n) is 17.8. The predicted molar refractivity (Wildman–Crippen MR) is 123 cm³/mol. The van der Waals surface area contributed by atoms with E-state index in [1.165, 1.54) is 19.3 Å². The van der Waals surface area contributed by atoms with Gasteiger partial charge in [-0.25, -0.2) is 9.97 Å². The number of pyridine rings is 1. The number of piperidine rings is 1. The smallest absolute Gasteiger partial charge is 0.225 e. The summed E-state index contributed by atoms with van der Waals surface area (Å²) >= 11 is 0. The van der Waals surface area contributed by atoms with Crippen LogP contribution in [0.25, 0.3) is 22.3 Å². The summed E-state index contributed by atoms with van der Waals surface area (Å²) in [7, 11) is 0. The van der Waals surface area contributed by atoms with Crippen LogP contribution in [0.15, 0.2) is 48.8 Å². The van der Waals surface area contributed by atoms with Gasteiger partial charge in [-0.15, -0.1) is 0 Å². The number of aromatic nitrogens is 3. The maximum absolute atomic E-state index is 13.0. The number of fused-ring (bicyclic) bond motifs is 1. The van der Waals surface area contributed by atoms with E-state index in [1.54, 1.807) is 12.4 Å². The molecule has 3 aromatic rings. The van der Waals surface area contributed by atoms with Gasteiger partial charge >= 0.3 is 0 Å². The number of hydrogen-bond donors (Lipinski definition) is 1. The molecule has 2 fully saturated rings. The quantitative estimate of drug-likeness (QED) is 0.686. The van der Waals surface area contributed by atoms with Crippen LogP contribution < -0.4 is 10.2 Å². The number of anilines is 1. The van der Waals surface area contributed by atoms with Crippen LogP contribution in [0.1, 0.15) is 44.9 Å². The molecule has 0 radical (unpaired) electrons. The van der Waals surface area contributed by atoms with Crippen LogP contribution in [0, 0.1) is 5.92 Å². The standard InChI is InChI=1S/C25H29N5O/c31-25(27-20-10-2-1-3-11-20)19-9-7-15-30(17-19)24-21-12-4-5-13-22(21)28-23(29-24)18-8-6-14-26-16-18/h4-6,8,12-14,16,19-20H,1-3,7,9-11,15,17H2,(H,27,31). The number of carbonyl (C=O) groups is 1. The van der Waals surface area contributed by atoms with Crippen LogP contribution in [0.5, 0.6) is 0 Å². The Kier molecular flexibility index (Phi) is 5.78. The molecule has 1 amide bonds. The highest BCUT2D eigenvalue weighted by Gasteiger charge is 2.29. The number of benzene rings is 1. The second kappa shape index (κ2) is 9.00. The van der Waals surface area contributed by atoms with Crippen molar-refractivity contribution in [2.75, 3.05) is 18.0 Å². The molecule has 1 atom stereocenters. The van der Waals surface area contributed by atoms with Gasteiger partial charge in [0.15, 0.2) is 5.82 Å². The average molecular weight is 416 g/mol. The molecule has 5 rings (SSSR count). The van der Waals surface area contributed by atoms with Gasteiger partial charge in [-0.1, -0.05) is 31.4 Å². The summed E-state index contributed by atoms with van der Waals surface area (Å²) < 4.78 is 0. The van der Waals surface area contributed by atoms with Crippen LogP contribution in [0.4, 0.5) is 5.82 Å². The van der Waals surface area contributed by atoms with Crippen molar-refractivity contribution < 1.29 is 4.79 Å². The summed E-state index contributed by atoms with van der Waals surface area (Å²) in [6.45, 7) is 1.60. The van der Waals surface area contributed by atoms with Gasteiger partial charge in [-0.3, -0.25) is 9.78 Å². The maximum Gasteiger partial charge on any atom is 0.225 e. The lowest BCUT2D eigenvalue weighted by Gasteiger charge is -2.34. The largest absolute Gasteiger partial charge is 0.355 e. The lowest BCUT2D eigenvalue weighted by molar-refractivity contribution is -0.126. The second-order valence-electron chi connectivity index (χ2n) is 8.76. The molecule has 1 saturated carbocycles. The zero-order valence-corrected chi connectivity index (χ0v) is 17.8. The van der Waals surface area contributed by atoms with E-state index in [9.17, 15) is 4.79 Å². The summed E-state index contributed by atoms with van der Waals surface area (Å²) in [6.07, 6.45) is 11.5. The lowest BCUT2D eigenvalue weighted by Crippen LogP contribution is -2.46. The van der Waals surface area contributed by atoms with E-state index in [0.717, 1.165) is 54.5 Å². The van der Waals surface area contributed by atoms with E-state index < -0.39 is 0 Å². The molecule has 6 heteroatoms. The molecule has 3 heterocycles. The Labute approximate surface area is 183 Å². The molecule has 1 saturated heterocycles. The first-order chi connectivity index (χ1) is 15.3. The SMILES string of the molecule is O=C(NC1CCCCC1)C1CCCN(c2nc(-c3cccnc3)nc3ccccc23)C1. The zero-order chi connectivity index (χ0) is 21.0. The number of carbonyl (C=O) groups excluding carboxylic acids is 1. The Morgan fingerprint density at radius 3 is 2.68 bits per heavy atom. The fraction of sp³-hybridized carbons (Fsp3) is 0.440. The minimum absolute atomic E-state index is 0.00578. The van der Waals surface area contributed by atoms with Gasteiger partial charge in [-0.05, 0) is 49.9 Å². The van der Waals surface area contributed by atoms with Crippen LogP contribution >= 0.6 is 0 Å². The summed E-state index contributed by atoms with van der Waals surface area (Å²) in [4.78, 5) is 29.2. The number of para-hydroxylation sites is 1. The minimum atomic E-state index is 0.00578. The van der Waals surface area contributed by atoms with Crippen LogP contribution in [-0.2, 0) is 4.79 Å². The first-order valence-electron chi connectivity index (χ1n) is 11.5. The van der Waals surface area contributed by atoms with E-state index in [-0.39, 0.29) is 11.8 Å². The van der Waals surface area contributed by atoms with E-state index in [0.29, 0.717) is 18.4 Å². The Morgan fingerprint density at radius 2 is 1.84 bits per heavy atom. The Balaban J connectivity index is 1.42. The number of nitrogens with zero attached hydrogens (tertiary/aromatic N) is 4. The van der Waals surface area contributed by atoms with Gasteiger partial charge in [-0.2, -0.15) is 0 Å². The molecule has 2 aromatic heterocycles. The molecule has 1 aliphatic heterocycles. The second-order valence-corrected chi connectivity index (χ2v) is 8.76. The molecule has 0 bridgehead atoms. The van der Waals surface area contributed by atoms with Gasteiger partial charge in [0, 0.05) is 42.5 Å². The molecule has 31 heavy (non-hydrogen) atoms. The van der Waals surface area contributed by atoms with Crippen molar-refractivity contribution in [3.8, 4) is 11.4 Å². The average Bonchev–Trinajstić information content (AvgIpc) is 2.84. The van der Waals surface area contributed by atoms with E-state index in [1.807, 2.05) is 30.3 Å². The molecule has 6 nitrogen and oxygen atoms in total. The monoisotopic (exact) mass is 415 g/mol. The highest BCUT2D eigenvalue weighted by atomic mass is 16.2. The van der Waals surface area contributed by atoms with Gasteiger partial charge in [0.2, 0.25) is 5.91 Å². The molecular formula is C25H29N5O. The molecule has 1 N–H and O–H groups in total. The Bertz CT molecular complexity index is 1050. The number of amides is 1. The van der Waals surface area contributed by atoms with Crippen LogP contribution in [0.3, 0.4) is 0 Å². The molecule has 1 unspecified atom stereocenters. The molecule has 1 aliphatic carbocycles. The summed E-state index contributed by atoms with van der Waals surface area (Å²) in [5.74, 6) is 1.81. The summed E-state index contributed by atoms with van der Waals surface area (Å²) in [5.41, 5.74) is 1.82. The fourth-order valence-electron chi connectivity index (χ4n) is 4.87. The van der Waals surface area contributed by atoms with Gasteiger partial charge in [0.25, 0.3) is 0 Å². The minimum Gasteiger partial charge on any atom is -0.355 e. The highest BCUT2D eigenvalue weighted by Crippen LogP contribution is 2.30. The molecule has 160 valence electrons. The Morgan fingerprint density at radius 1 is 0.968 bits per heavy atom. The lowest BCUT2D eigenvalue weighted by atomic mass is 9.93. The van der Waals surface area contributed by atoms with Crippen molar-refractivity contribution >= 4 is 22.6 Å². The summed E-state index contributed by atoms with van der Waals surface area (Å²) in [5, 5.41) is 4.36. The molecule has 0 spiro atoms. The highest BCUT2D eigenvalue weighted by molar-refractivity contribution is 5.91. The van der Waals surface area contributed by atoms with Crippen molar-refractivity contribution in [3.63, 3.8) is 0 Å². The van der Waals surface area contributed by atoms with E-state index >= 15 is 0 Å². The van der Waals surface area contributed by atoms with Crippen molar-refractivity contribution in [2.24, 2.45) is 5.92 Å². The molecule has 1 aromatic carbocycles. The van der Waals surface area contributed by atoms with E-state index in [2.05, 4.69) is 21.3 Å². The Hall–Kier alpha value is -3.02. The third-order valence-electron chi connectivity index (χ3n) is 6.55. The van der Waals surface area contributed by atoms with Gasteiger partial charge in [0.1, 0.15) is 5.82 Å². The number of rotatable bonds is 4. The molecule has 2 aliphatic rings. The van der Waals surface area contributed by atoms with Gasteiger partial charge in [0.05, 0.1) is 11.4 Å². The van der Waals surface area contributed by atoms with Crippen LogP contribution in [-0.4, -0.2) is 40.0 Å². The van der Waals surface area contributed by atoms with Gasteiger partial charge < -0.3 is 10.2 Å². The summed E-state index contributed by atoms with van der Waals surface area (Å²) in [6, 6.07) is 12.4.